The van der Waals surface area contributed by atoms with Crippen molar-refractivity contribution in [3.8, 4) is 17.6 Å². The van der Waals surface area contributed by atoms with E-state index in [0.717, 1.165) is 45.6 Å². The molecule has 0 radical (unpaired) electrons. The van der Waals surface area contributed by atoms with Crippen LogP contribution in [0.2, 0.25) is 0 Å². The van der Waals surface area contributed by atoms with Crippen molar-refractivity contribution in [1.82, 2.24) is 5.32 Å². The Morgan fingerprint density at radius 1 is 0.941 bits per heavy atom. The number of unbranched alkanes of at least 4 members (excludes halogenated alkanes) is 8. The van der Waals surface area contributed by atoms with E-state index in [2.05, 4.69) is 24.1 Å². The summed E-state index contributed by atoms with van der Waals surface area (Å²) in [4.78, 5) is 63.9. The molecule has 0 fully saturated rings. The lowest BCUT2D eigenvalue weighted by molar-refractivity contribution is -0.310. The molecule has 11 heteroatoms. The van der Waals surface area contributed by atoms with Crippen molar-refractivity contribution in [3.05, 3.63) is 42.0 Å². The summed E-state index contributed by atoms with van der Waals surface area (Å²) in [6, 6.07) is 5.52. The van der Waals surface area contributed by atoms with E-state index >= 15 is 0 Å². The first kappa shape index (κ1) is 44.9. The minimum absolute atomic E-state index is 0.0173. The summed E-state index contributed by atoms with van der Waals surface area (Å²) in [5.41, 5.74) is -3.34. The van der Waals surface area contributed by atoms with Crippen LogP contribution >= 0.6 is 0 Å². The predicted octanol–water partition coefficient (Wildman–Crippen LogP) is 4.94. The molecule has 0 saturated carbocycles. The molecule has 3 atom stereocenters. The van der Waals surface area contributed by atoms with Crippen LogP contribution in [0.1, 0.15) is 124 Å². The molecule has 1 amide bonds. The van der Waals surface area contributed by atoms with Crippen LogP contribution < -0.4 is 15.2 Å². The summed E-state index contributed by atoms with van der Waals surface area (Å²) in [5, 5.41) is 26.0. The lowest BCUT2D eigenvalue weighted by Crippen LogP contribution is -2.57. The maximum Gasteiger partial charge on any atom is 0.340 e. The lowest BCUT2D eigenvalue weighted by atomic mass is 9.82. The van der Waals surface area contributed by atoms with Gasteiger partial charge in [0.25, 0.3) is 0 Å². The zero-order chi connectivity index (χ0) is 38.3. The van der Waals surface area contributed by atoms with Crippen molar-refractivity contribution in [3.63, 3.8) is 0 Å². The highest BCUT2D eigenvalue weighted by Crippen LogP contribution is 2.29. The first-order valence-electron chi connectivity index (χ1n) is 18.0. The van der Waals surface area contributed by atoms with Crippen molar-refractivity contribution < 1.29 is 48.4 Å². The summed E-state index contributed by atoms with van der Waals surface area (Å²) < 4.78 is 15.8. The monoisotopic (exact) mass is 712 g/mol. The molecule has 0 saturated heterocycles. The van der Waals surface area contributed by atoms with Gasteiger partial charge in [-0.1, -0.05) is 75.7 Å². The predicted molar refractivity (Wildman–Crippen MR) is 192 cm³/mol. The van der Waals surface area contributed by atoms with Crippen LogP contribution in [0, 0.1) is 17.8 Å². The Labute approximate surface area is 303 Å². The van der Waals surface area contributed by atoms with Crippen molar-refractivity contribution >= 4 is 29.6 Å². The number of carbonyl (C=O) groups is 5. The van der Waals surface area contributed by atoms with E-state index in [0.29, 0.717) is 37.0 Å². The van der Waals surface area contributed by atoms with Crippen molar-refractivity contribution in [2.24, 2.45) is 5.92 Å². The molecule has 1 rings (SSSR count). The number of nitrogens with one attached hydrogen (secondary N) is 1. The molecular formula is C40H58NO10-. The number of benzene rings is 1. The van der Waals surface area contributed by atoms with Crippen molar-refractivity contribution in [2.75, 3.05) is 13.7 Å². The number of aliphatic carboxylic acids is 1. The molecule has 51 heavy (non-hydrogen) atoms. The Bertz CT molecular complexity index is 1340. The fraction of sp³-hybridized carbons (Fsp3) is 0.625. The van der Waals surface area contributed by atoms with Crippen molar-refractivity contribution in [2.45, 2.75) is 142 Å². The van der Waals surface area contributed by atoms with Crippen LogP contribution in [0.25, 0.3) is 0 Å². The van der Waals surface area contributed by atoms with Gasteiger partial charge < -0.3 is 34.5 Å². The number of carboxylic acid groups (broad SMARTS) is 1. The first-order valence-corrected chi connectivity index (χ1v) is 18.0. The van der Waals surface area contributed by atoms with Crippen LogP contribution in [0.15, 0.2) is 36.4 Å². The number of methoxy groups -OCH3 is 1. The largest absolute Gasteiger partial charge is 0.550 e. The number of hydrogen-bond donors (Lipinski definition) is 2. The molecule has 0 aromatic heterocycles. The summed E-state index contributed by atoms with van der Waals surface area (Å²) in [6.45, 7) is 8.68. The third kappa shape index (κ3) is 18.6. The number of allylic oxidation sites excluding steroid dienone is 1. The number of hydrogen-bond acceptors (Lipinski definition) is 10. The fourth-order valence-electron chi connectivity index (χ4n) is 5.33. The number of esters is 2. The van der Waals surface area contributed by atoms with E-state index in [1.807, 2.05) is 0 Å². The molecule has 0 aliphatic rings. The molecule has 0 bridgehead atoms. The van der Waals surface area contributed by atoms with Gasteiger partial charge in [0, 0.05) is 31.7 Å². The Hall–Kier alpha value is -4.17. The molecular weight excluding hydrogens is 654 g/mol. The Kier molecular flexibility index (Phi) is 21.2. The van der Waals surface area contributed by atoms with Gasteiger partial charge in [-0.05, 0) is 71.1 Å². The zero-order valence-electron chi connectivity index (χ0n) is 31.3. The highest BCUT2D eigenvalue weighted by molar-refractivity contribution is 5.95. The van der Waals surface area contributed by atoms with Gasteiger partial charge in [0.05, 0.1) is 13.0 Å². The maximum atomic E-state index is 13.8. The van der Waals surface area contributed by atoms with E-state index in [1.165, 1.54) is 39.7 Å². The second-order valence-electron chi connectivity index (χ2n) is 13.7. The highest BCUT2D eigenvalue weighted by atomic mass is 16.6. The van der Waals surface area contributed by atoms with Gasteiger partial charge in [0.15, 0.2) is 5.60 Å². The Balaban J connectivity index is 3.10. The van der Waals surface area contributed by atoms with E-state index < -0.39 is 53.4 Å². The third-order valence-electron chi connectivity index (χ3n) is 8.08. The van der Waals surface area contributed by atoms with Gasteiger partial charge in [-0.15, -0.1) is 5.92 Å². The third-order valence-corrected chi connectivity index (χ3v) is 8.08. The van der Waals surface area contributed by atoms with Crippen LogP contribution in [0.4, 0.5) is 0 Å². The summed E-state index contributed by atoms with van der Waals surface area (Å²) in [5.74, 6) is -0.273. The molecule has 2 N–H and O–H groups in total. The number of rotatable bonds is 25. The number of Topliss-reactive ketones (excluding diaryl/α,β-unsaturated/α-hetero) is 1. The van der Waals surface area contributed by atoms with Gasteiger partial charge in [-0.3, -0.25) is 9.59 Å². The number of carbonyl (C=O) groups excluding carboxylic acids is 5. The van der Waals surface area contributed by atoms with Crippen LogP contribution in [-0.4, -0.2) is 65.7 Å². The molecule has 0 unspecified atom stereocenters. The van der Waals surface area contributed by atoms with Gasteiger partial charge in [-0.25, -0.2) is 9.59 Å². The van der Waals surface area contributed by atoms with E-state index in [9.17, 15) is 34.2 Å². The average Bonchev–Trinajstić information content (AvgIpc) is 3.06. The number of ketones is 1. The molecule has 1 aromatic rings. The van der Waals surface area contributed by atoms with Crippen LogP contribution in [0.3, 0.4) is 0 Å². The minimum atomic E-state index is -2.86. The maximum absolute atomic E-state index is 13.8. The van der Waals surface area contributed by atoms with Gasteiger partial charge in [-0.2, -0.15) is 0 Å². The number of carboxylic acids is 1. The molecule has 0 heterocycles. The quantitative estimate of drug-likeness (QED) is 0.0613. The van der Waals surface area contributed by atoms with Crippen LogP contribution in [-0.2, 0) is 39.9 Å². The standard InChI is InChI=1S/C40H59NO10/c1-7-9-11-14-17-20-31(42)21-18-15-12-13-16-19-22-33(40(48,29-35(43)44)38(47)51-39(3,4)5)36(45)41-34(37(46)49-6)28-30-23-25-32(26-24-30)50-27-10-8-2/h19,22-26,33-34,48H,7,9,11-18,20-21,27-29H2,1-6H3,(H,41,45)(H,43,44)/p-1/b22-19+/t33-,34+,40+/m1/s1. The molecule has 284 valence electrons. The summed E-state index contributed by atoms with van der Waals surface area (Å²) in [7, 11) is 1.16. The van der Waals surface area contributed by atoms with Gasteiger partial charge in [0.1, 0.15) is 29.8 Å². The SMILES string of the molecule is CC#CCOc1ccc(C[C@H](NC(=O)[C@@H](/C=C/CCCCCCC(=O)CCCCCCC)[C@@](O)(CC(=O)[O-])C(=O)OC(C)(C)C)C(=O)OC)cc1. The normalized spacial score (nSPS) is 13.6. The summed E-state index contributed by atoms with van der Waals surface area (Å²) >= 11 is 0. The van der Waals surface area contributed by atoms with E-state index in [-0.39, 0.29) is 18.8 Å². The Morgan fingerprint density at radius 2 is 1.55 bits per heavy atom. The lowest BCUT2D eigenvalue weighted by Gasteiger charge is -2.35. The molecule has 11 nitrogen and oxygen atoms in total. The topological polar surface area (TPSA) is 168 Å². The van der Waals surface area contributed by atoms with Crippen molar-refractivity contribution in [1.29, 1.82) is 0 Å². The molecule has 1 aromatic carbocycles. The molecule has 0 aliphatic carbocycles. The Morgan fingerprint density at radius 3 is 2.10 bits per heavy atom. The van der Waals surface area contributed by atoms with E-state index in [1.54, 1.807) is 37.3 Å². The molecule has 0 aliphatic heterocycles. The zero-order valence-corrected chi connectivity index (χ0v) is 31.3. The first-order chi connectivity index (χ1) is 24.2. The van der Waals surface area contributed by atoms with Gasteiger partial charge in [0.2, 0.25) is 5.91 Å². The minimum Gasteiger partial charge on any atom is -0.550 e. The fourth-order valence-corrected chi connectivity index (χ4v) is 5.33. The second-order valence-corrected chi connectivity index (χ2v) is 13.7. The number of ether oxygens (including phenoxy) is 3. The molecule has 0 spiro atoms. The van der Waals surface area contributed by atoms with Crippen LogP contribution in [0.5, 0.6) is 5.75 Å². The number of aliphatic hydroxyl groups is 1. The number of amides is 1. The van der Waals surface area contributed by atoms with Gasteiger partial charge >= 0.3 is 11.9 Å². The second kappa shape index (κ2) is 24.1. The average molecular weight is 713 g/mol. The highest BCUT2D eigenvalue weighted by Gasteiger charge is 2.49. The smallest absolute Gasteiger partial charge is 0.340 e. The summed E-state index contributed by atoms with van der Waals surface area (Å²) in [6.07, 6.45) is 11.9. The van der Waals surface area contributed by atoms with E-state index in [4.69, 9.17) is 14.2 Å².